The molecule has 4 aromatic carbocycles. The van der Waals surface area contributed by atoms with E-state index in [0.717, 1.165) is 57.7 Å². The fraction of sp³-hybridized carbons (Fsp3) is 0.433. The van der Waals surface area contributed by atoms with Crippen LogP contribution in [0.2, 0.25) is 0 Å². The number of nitrogens with one attached hydrogen (secondary N) is 5. The summed E-state index contributed by atoms with van der Waals surface area (Å²) >= 11 is 1.34. The Morgan fingerprint density at radius 3 is 1.99 bits per heavy atom. The second-order valence-electron chi connectivity index (χ2n) is 22.6. The van der Waals surface area contributed by atoms with Gasteiger partial charge in [0.15, 0.2) is 11.5 Å². The molecule has 13 atom stereocenters. The number of β-amino-alcohol motifs (C(OH)–C–C–N with tert-alkyl or cyclic N) is 1. The van der Waals surface area contributed by atoms with Gasteiger partial charge in [-0.1, -0.05) is 82.2 Å². The minimum absolute atomic E-state index is 0.00339. The molecule has 33 heteroatoms. The van der Waals surface area contributed by atoms with Crippen molar-refractivity contribution < 1.29 is 102 Å². The maximum Gasteiger partial charge on any atom is 0.261 e. The van der Waals surface area contributed by atoms with E-state index in [1.165, 1.54) is 36.5 Å². The van der Waals surface area contributed by atoms with Gasteiger partial charge in [0.1, 0.15) is 52.0 Å². The quantitative estimate of drug-likeness (QED) is 0.0178. The number of aliphatic hydroxyl groups excluding tert-OH is 6. The molecular formula is C60H72N10O21S2. The lowest BCUT2D eigenvalue weighted by molar-refractivity contribution is -0.433. The van der Waals surface area contributed by atoms with E-state index >= 15 is 0 Å². The molecule has 8 rings (SSSR count). The second kappa shape index (κ2) is 32.4. The average Bonchev–Trinajstić information content (AvgIpc) is 1.72. The van der Waals surface area contributed by atoms with E-state index < -0.39 is 177 Å². The number of carbonyl (C=O) groups excluding carboxylic acids is 8. The van der Waals surface area contributed by atoms with E-state index in [0.29, 0.717) is 28.8 Å². The average molecular weight is 1330 g/mol. The van der Waals surface area contributed by atoms with Crippen LogP contribution in [0.5, 0.6) is 17.2 Å². The molecule has 0 aliphatic carbocycles. The predicted molar refractivity (Wildman–Crippen MR) is 328 cm³/mol. The number of methoxy groups -OCH3 is 1. The monoisotopic (exact) mass is 1330 g/mol. The van der Waals surface area contributed by atoms with Crippen LogP contribution in [0.25, 0.3) is 32.3 Å². The smallest absolute Gasteiger partial charge is 0.261 e. The molecule has 0 saturated carbocycles. The van der Waals surface area contributed by atoms with Crippen molar-refractivity contribution in [2.45, 2.75) is 119 Å². The Labute approximate surface area is 539 Å². The van der Waals surface area contributed by atoms with E-state index in [-0.39, 0.29) is 29.2 Å². The number of aromatic nitrogens is 2. The van der Waals surface area contributed by atoms with Crippen molar-refractivity contribution in [3.8, 4) is 49.5 Å². The molecule has 93 heavy (non-hydrogen) atoms. The molecular weight excluding hydrogens is 1260 g/mol. The van der Waals surface area contributed by atoms with Crippen molar-refractivity contribution >= 4 is 70.9 Å². The van der Waals surface area contributed by atoms with Crippen molar-refractivity contribution in [1.29, 1.82) is 0 Å². The number of aliphatic hydroxyl groups is 6. The van der Waals surface area contributed by atoms with Gasteiger partial charge in [-0.05, 0) is 60.0 Å². The van der Waals surface area contributed by atoms with Crippen molar-refractivity contribution in [2.75, 3.05) is 40.0 Å². The molecule has 3 aliphatic rings. The van der Waals surface area contributed by atoms with Crippen LogP contribution in [0.3, 0.4) is 0 Å². The summed E-state index contributed by atoms with van der Waals surface area (Å²) in [5.74, 6) is -10.4. The number of carbonyl (C=O) groups is 8. The van der Waals surface area contributed by atoms with Gasteiger partial charge in [0.25, 0.3) is 18.2 Å². The number of benzene rings is 4. The molecule has 1 aromatic heterocycles. The third kappa shape index (κ3) is 18.0. The number of hydrogen-bond donors (Lipinski definition) is 14. The van der Waals surface area contributed by atoms with Crippen LogP contribution in [0.15, 0.2) is 91.0 Å². The van der Waals surface area contributed by atoms with Crippen molar-refractivity contribution in [2.24, 2.45) is 11.7 Å². The number of hydrogen-bond acceptors (Lipinski definition) is 25. The van der Waals surface area contributed by atoms with E-state index in [1.807, 2.05) is 48.5 Å². The fourth-order valence-corrected chi connectivity index (χ4v) is 11.9. The Bertz CT molecular complexity index is 3440. The summed E-state index contributed by atoms with van der Waals surface area (Å²) in [6, 6.07) is 13.3. The van der Waals surface area contributed by atoms with Crippen molar-refractivity contribution in [3.63, 3.8) is 0 Å². The summed E-state index contributed by atoms with van der Waals surface area (Å²) in [6.45, 7) is 1.98. The first-order valence-corrected chi connectivity index (χ1v) is 30.8. The van der Waals surface area contributed by atoms with Gasteiger partial charge in [-0.3, -0.25) is 38.4 Å². The maximum atomic E-state index is 14.7. The third-order valence-corrected chi connectivity index (χ3v) is 17.1. The molecule has 3 saturated heterocycles. The Morgan fingerprint density at radius 2 is 1.35 bits per heavy atom. The number of aromatic hydroxyl groups is 1. The molecule has 8 amide bonds. The number of phenols is 1. The number of nitrogens with two attached hydrogens (primary N) is 1. The van der Waals surface area contributed by atoms with Crippen LogP contribution < -0.4 is 41.2 Å². The highest BCUT2D eigenvalue weighted by atomic mass is 32.2. The number of ether oxygens (including phenoxy) is 2. The molecule has 3 aliphatic heterocycles. The standard InChI is InChI=1S/C60H72N10O21S2/c1-29-27-70-50(51(29)78)56(83)62-26-37(72)23-40(63-52(79)34-8-12-36(13-9-34)58-68-67-57(92-58)35-10-6-32(7-11-35)33-14-16-39(17-15-33)88-20-4-19-87-3)53(80)64-47(30(2)71)59(84)69-28-38(73)24-41(69)54(81)65-48(55(82)66-49(60(70)85)44(76)25-46(61)77)43(75)21-31-5-18-42(74)45(22-31)89-93-91-90-86/h5-18,22,29-30,37-38,40-41,43-44,47-51,71-76,78,86H,4,19-21,23-28H2,1-3H3,(H2,61,77)(H,62,83)(H,63,79)(H,64,80)(H,65,81)(H,66,82). The lowest BCUT2D eigenvalue weighted by atomic mass is 9.98. The predicted octanol–water partition coefficient (Wildman–Crippen LogP) is -1.15. The van der Waals surface area contributed by atoms with Crippen molar-refractivity contribution in [3.05, 3.63) is 102 Å². The van der Waals surface area contributed by atoms with Gasteiger partial charge in [0.2, 0.25) is 41.4 Å². The minimum Gasteiger partial charge on any atom is -0.504 e. The summed E-state index contributed by atoms with van der Waals surface area (Å²) < 4.78 is 20.2. The Kier molecular flexibility index (Phi) is 24.5. The van der Waals surface area contributed by atoms with E-state index in [2.05, 4.69) is 46.2 Å². The van der Waals surface area contributed by atoms with Gasteiger partial charge in [-0.25, -0.2) is 5.26 Å². The SMILES string of the molecule is COCCCOc1ccc(-c2ccc(-c3nnc(-c4ccc(C(=O)NC5CC(O)CNC(=O)C6C(O)C(C)CN6C(=O)C(C(O)CC(N)=O)NC(=O)C(C(O)Cc6ccc(O)c(OSOOO)c6)NC(=O)C6CC(O)CN6C(=O)C(C(C)O)NC5=O)cc4)s3)cc2)cc1. The van der Waals surface area contributed by atoms with E-state index in [1.54, 1.807) is 19.2 Å². The van der Waals surface area contributed by atoms with Gasteiger partial charge < -0.3 is 91.5 Å². The normalized spacial score (nSPS) is 24.5. The zero-order valence-corrected chi connectivity index (χ0v) is 51.9. The second-order valence-corrected chi connectivity index (χ2v) is 24.0. The third-order valence-electron chi connectivity index (χ3n) is 15.7. The number of rotatable bonds is 21. The summed E-state index contributed by atoms with van der Waals surface area (Å²) in [4.78, 5) is 115. The topological polar surface area (TPSA) is 463 Å². The van der Waals surface area contributed by atoms with Gasteiger partial charge >= 0.3 is 0 Å². The van der Waals surface area contributed by atoms with Crippen molar-refractivity contribution in [1.82, 2.24) is 46.6 Å². The van der Waals surface area contributed by atoms with Crippen LogP contribution in [0, 0.1) is 5.92 Å². The zero-order chi connectivity index (χ0) is 67.2. The first-order chi connectivity index (χ1) is 44.4. The van der Waals surface area contributed by atoms with E-state index in [4.69, 9.17) is 24.6 Å². The number of nitrogens with zero attached hydrogens (tertiary/aromatic N) is 4. The summed E-state index contributed by atoms with van der Waals surface area (Å²) in [5, 5.41) is 113. The molecule has 4 heterocycles. The van der Waals surface area contributed by atoms with Gasteiger partial charge in [-0.15, -0.1) is 10.2 Å². The molecule has 0 bridgehead atoms. The van der Waals surface area contributed by atoms with Gasteiger partial charge in [-0.2, -0.15) is 0 Å². The minimum atomic E-state index is -2.22. The molecule has 0 spiro atoms. The van der Waals surface area contributed by atoms with Crippen LogP contribution >= 0.6 is 23.7 Å². The molecule has 31 nitrogen and oxygen atoms in total. The molecule has 0 radical (unpaired) electrons. The Morgan fingerprint density at radius 1 is 0.742 bits per heavy atom. The zero-order valence-electron chi connectivity index (χ0n) is 50.3. The number of phenolic OH excluding ortho intramolecular Hbond substituents is 1. The summed E-state index contributed by atoms with van der Waals surface area (Å²) in [6.07, 6.45) is -12.9. The number of amides is 8. The van der Waals surface area contributed by atoms with Crippen LogP contribution in [0.1, 0.15) is 55.5 Å². The molecule has 15 N–H and O–H groups in total. The lowest BCUT2D eigenvalue weighted by Crippen LogP contribution is -2.64. The van der Waals surface area contributed by atoms with Crippen LogP contribution in [-0.4, -0.2) is 221 Å². The highest BCUT2D eigenvalue weighted by Crippen LogP contribution is 2.34. The Balaban J connectivity index is 1.06. The molecule has 5 aromatic rings. The van der Waals surface area contributed by atoms with Gasteiger partial charge in [0, 0.05) is 81.6 Å². The summed E-state index contributed by atoms with van der Waals surface area (Å²) in [5.41, 5.74) is 8.80. The van der Waals surface area contributed by atoms with Crippen LogP contribution in [-0.2, 0) is 54.1 Å². The molecule has 500 valence electrons. The highest BCUT2D eigenvalue weighted by Gasteiger charge is 2.50. The number of fused-ring (bicyclic) bond motifs is 2. The summed E-state index contributed by atoms with van der Waals surface area (Å²) in [7, 11) is 1.64. The first-order valence-electron chi connectivity index (χ1n) is 29.3. The first kappa shape index (κ1) is 70.4. The van der Waals surface area contributed by atoms with Crippen LogP contribution in [0.4, 0.5) is 0 Å². The largest absolute Gasteiger partial charge is 0.504 e. The highest BCUT2D eigenvalue weighted by molar-refractivity contribution is 7.90. The van der Waals surface area contributed by atoms with Gasteiger partial charge in [0.05, 0.1) is 49.7 Å². The number of primary amides is 1. The maximum absolute atomic E-state index is 14.7. The molecule has 3 fully saturated rings. The Hall–Kier alpha value is -8.45. The molecule has 13 unspecified atom stereocenters. The van der Waals surface area contributed by atoms with E-state index in [9.17, 15) is 74.1 Å². The fourth-order valence-electron chi connectivity index (χ4n) is 10.8. The lowest BCUT2D eigenvalue weighted by Gasteiger charge is -2.33.